The largest absolute Gasteiger partial charge is 0.483 e. The summed E-state index contributed by atoms with van der Waals surface area (Å²) in [5.74, 6) is -0.419. The van der Waals surface area contributed by atoms with Crippen LogP contribution in [0.2, 0.25) is 5.02 Å². The van der Waals surface area contributed by atoms with Crippen molar-refractivity contribution in [1.82, 2.24) is 4.90 Å². The second-order valence-corrected chi connectivity index (χ2v) is 6.16. The van der Waals surface area contributed by atoms with E-state index in [2.05, 4.69) is 0 Å². The highest BCUT2D eigenvalue weighted by atomic mass is 35.5. The Hall–Kier alpha value is -1.79. The molecule has 7 heteroatoms. The number of benzene rings is 1. The van der Waals surface area contributed by atoms with E-state index in [1.54, 1.807) is 30.2 Å². The summed E-state index contributed by atoms with van der Waals surface area (Å²) in [7, 11) is 1.56. The monoisotopic (exact) mass is 340 g/mol. The number of hydrogen-bond acceptors (Lipinski definition) is 4. The van der Waals surface area contributed by atoms with Crippen LogP contribution in [0.5, 0.6) is 5.75 Å². The van der Waals surface area contributed by atoms with Gasteiger partial charge in [-0.15, -0.1) is 0 Å². The predicted molar refractivity (Wildman–Crippen MR) is 86.3 cm³/mol. The maximum absolute atomic E-state index is 12.3. The Morgan fingerprint density at radius 3 is 2.74 bits per heavy atom. The quantitative estimate of drug-likeness (QED) is 0.844. The van der Waals surface area contributed by atoms with Crippen molar-refractivity contribution in [3.8, 4) is 5.75 Å². The highest BCUT2D eigenvalue weighted by molar-refractivity contribution is 6.30. The molecule has 1 aromatic carbocycles. The normalized spacial score (nSPS) is 20.6. The number of likely N-dealkylation sites (tertiary alicyclic amines) is 1. The molecule has 1 saturated heterocycles. The van der Waals surface area contributed by atoms with E-state index in [0.29, 0.717) is 30.5 Å². The van der Waals surface area contributed by atoms with Crippen molar-refractivity contribution in [2.24, 2.45) is 17.6 Å². The minimum absolute atomic E-state index is 0.0706. The lowest BCUT2D eigenvalue weighted by atomic mass is 9.96. The van der Waals surface area contributed by atoms with Crippen LogP contribution in [0.1, 0.15) is 5.56 Å². The summed E-state index contributed by atoms with van der Waals surface area (Å²) in [4.78, 5) is 25.4. The molecule has 2 atom stereocenters. The van der Waals surface area contributed by atoms with Crippen LogP contribution >= 0.6 is 11.6 Å². The number of halogens is 1. The topological polar surface area (TPSA) is 81.9 Å². The van der Waals surface area contributed by atoms with E-state index in [1.165, 1.54) is 0 Å². The molecule has 0 saturated carbocycles. The van der Waals surface area contributed by atoms with Gasteiger partial charge < -0.3 is 20.1 Å². The number of methoxy groups -OCH3 is 1. The summed E-state index contributed by atoms with van der Waals surface area (Å²) < 4.78 is 10.7. The lowest BCUT2D eigenvalue weighted by Gasteiger charge is -2.17. The number of carbonyl (C=O) groups excluding carboxylic acids is 2. The molecule has 126 valence electrons. The molecule has 0 radical (unpaired) electrons. The van der Waals surface area contributed by atoms with Gasteiger partial charge in [0.05, 0.1) is 12.5 Å². The van der Waals surface area contributed by atoms with Crippen molar-refractivity contribution >= 4 is 23.4 Å². The Labute approximate surface area is 140 Å². The molecule has 1 aliphatic rings. The molecule has 0 aromatic heterocycles. The van der Waals surface area contributed by atoms with Crippen molar-refractivity contribution in [2.45, 2.75) is 6.92 Å². The first-order valence-electron chi connectivity index (χ1n) is 7.37. The minimum atomic E-state index is -0.406. The number of rotatable bonds is 6. The van der Waals surface area contributed by atoms with E-state index in [1.807, 2.05) is 6.92 Å². The number of nitrogens with zero attached hydrogens (tertiary/aromatic N) is 1. The molecule has 1 aromatic rings. The first-order chi connectivity index (χ1) is 10.9. The van der Waals surface area contributed by atoms with E-state index in [-0.39, 0.29) is 24.3 Å². The van der Waals surface area contributed by atoms with E-state index >= 15 is 0 Å². The molecule has 2 amide bonds. The van der Waals surface area contributed by atoms with Gasteiger partial charge in [0.2, 0.25) is 5.91 Å². The molecule has 0 unspecified atom stereocenters. The van der Waals surface area contributed by atoms with Crippen molar-refractivity contribution in [2.75, 3.05) is 33.4 Å². The standard InChI is InChI=1S/C16H21ClN2O4/c1-10-5-12(17)3-4-14(10)23-9-15(20)19-6-11(8-22-2)13(7-19)16(18)21/h3-5,11,13H,6-9H2,1-2H3,(H2,18,21)/t11-,13+/m0/s1. The fraction of sp³-hybridized carbons (Fsp3) is 0.500. The number of primary amides is 1. The molecule has 0 spiro atoms. The maximum atomic E-state index is 12.3. The zero-order valence-corrected chi connectivity index (χ0v) is 14.0. The molecule has 0 bridgehead atoms. The zero-order valence-electron chi connectivity index (χ0n) is 13.3. The van der Waals surface area contributed by atoms with Crippen molar-refractivity contribution < 1.29 is 19.1 Å². The summed E-state index contributed by atoms with van der Waals surface area (Å²) in [5, 5.41) is 0.618. The molecule has 2 N–H and O–H groups in total. The highest BCUT2D eigenvalue weighted by Gasteiger charge is 2.38. The van der Waals surface area contributed by atoms with Crippen LogP contribution in [-0.4, -0.2) is 50.1 Å². The second-order valence-electron chi connectivity index (χ2n) is 5.72. The number of ether oxygens (including phenoxy) is 2. The molecule has 6 nitrogen and oxygen atoms in total. The molecule has 0 aliphatic carbocycles. The van der Waals surface area contributed by atoms with Crippen molar-refractivity contribution in [3.63, 3.8) is 0 Å². The average Bonchev–Trinajstić information content (AvgIpc) is 2.91. The summed E-state index contributed by atoms with van der Waals surface area (Å²) in [5.41, 5.74) is 6.26. The summed E-state index contributed by atoms with van der Waals surface area (Å²) in [6.07, 6.45) is 0. The molecule has 1 aliphatic heterocycles. The van der Waals surface area contributed by atoms with Gasteiger partial charge in [0.15, 0.2) is 6.61 Å². The Bertz CT molecular complexity index is 593. The Kier molecular flexibility index (Phi) is 5.85. The van der Waals surface area contributed by atoms with Crippen LogP contribution in [0.4, 0.5) is 0 Å². The smallest absolute Gasteiger partial charge is 0.260 e. The lowest BCUT2D eigenvalue weighted by Crippen LogP contribution is -2.34. The number of hydrogen-bond donors (Lipinski definition) is 1. The molecular formula is C16H21ClN2O4. The molecule has 1 fully saturated rings. The summed E-state index contributed by atoms with van der Waals surface area (Å²) in [6.45, 7) is 2.93. The van der Waals surface area contributed by atoms with E-state index in [0.717, 1.165) is 5.56 Å². The lowest BCUT2D eigenvalue weighted by molar-refractivity contribution is -0.132. The Morgan fingerprint density at radius 2 is 2.13 bits per heavy atom. The van der Waals surface area contributed by atoms with Gasteiger partial charge in [-0.05, 0) is 30.7 Å². The summed E-state index contributed by atoms with van der Waals surface area (Å²) in [6, 6.07) is 5.21. The minimum Gasteiger partial charge on any atom is -0.483 e. The van der Waals surface area contributed by atoms with Crippen LogP contribution in [0.25, 0.3) is 0 Å². The fourth-order valence-electron chi connectivity index (χ4n) is 2.79. The predicted octanol–water partition coefficient (Wildman–Crippen LogP) is 1.23. The maximum Gasteiger partial charge on any atom is 0.260 e. The third-order valence-electron chi connectivity index (χ3n) is 4.03. The van der Waals surface area contributed by atoms with Crippen LogP contribution in [-0.2, 0) is 14.3 Å². The van der Waals surface area contributed by atoms with Crippen LogP contribution in [0.15, 0.2) is 18.2 Å². The van der Waals surface area contributed by atoms with E-state index in [4.69, 9.17) is 26.8 Å². The van der Waals surface area contributed by atoms with E-state index in [9.17, 15) is 9.59 Å². The Morgan fingerprint density at radius 1 is 1.39 bits per heavy atom. The van der Waals surface area contributed by atoms with Crippen LogP contribution in [0, 0.1) is 18.8 Å². The van der Waals surface area contributed by atoms with Gasteiger partial charge in [0.1, 0.15) is 5.75 Å². The van der Waals surface area contributed by atoms with Crippen LogP contribution in [0.3, 0.4) is 0 Å². The summed E-state index contributed by atoms with van der Waals surface area (Å²) >= 11 is 5.89. The van der Waals surface area contributed by atoms with E-state index < -0.39 is 5.91 Å². The van der Waals surface area contributed by atoms with Gasteiger partial charge in [-0.3, -0.25) is 9.59 Å². The number of amides is 2. The number of aryl methyl sites for hydroxylation is 1. The van der Waals surface area contributed by atoms with Gasteiger partial charge in [-0.1, -0.05) is 11.6 Å². The SMILES string of the molecule is COC[C@@H]1CN(C(=O)COc2ccc(Cl)cc2C)C[C@H]1C(N)=O. The zero-order chi connectivity index (χ0) is 17.0. The molecule has 23 heavy (non-hydrogen) atoms. The molecule has 1 heterocycles. The van der Waals surface area contributed by atoms with Crippen molar-refractivity contribution in [1.29, 1.82) is 0 Å². The van der Waals surface area contributed by atoms with Gasteiger partial charge in [-0.25, -0.2) is 0 Å². The first-order valence-corrected chi connectivity index (χ1v) is 7.75. The fourth-order valence-corrected chi connectivity index (χ4v) is 3.01. The third-order valence-corrected chi connectivity index (χ3v) is 4.26. The number of carbonyl (C=O) groups is 2. The highest BCUT2D eigenvalue weighted by Crippen LogP contribution is 2.25. The second kappa shape index (κ2) is 7.66. The number of nitrogens with two attached hydrogens (primary N) is 1. The van der Waals surface area contributed by atoms with Gasteiger partial charge >= 0.3 is 0 Å². The first kappa shape index (κ1) is 17.6. The molecular weight excluding hydrogens is 320 g/mol. The van der Waals surface area contributed by atoms with Gasteiger partial charge in [-0.2, -0.15) is 0 Å². The molecule has 2 rings (SSSR count). The Balaban J connectivity index is 1.94. The van der Waals surface area contributed by atoms with Gasteiger partial charge in [0.25, 0.3) is 5.91 Å². The van der Waals surface area contributed by atoms with Gasteiger partial charge in [0, 0.05) is 31.1 Å². The van der Waals surface area contributed by atoms with Crippen LogP contribution < -0.4 is 10.5 Å². The van der Waals surface area contributed by atoms with Crippen molar-refractivity contribution in [3.05, 3.63) is 28.8 Å². The average molecular weight is 341 g/mol. The third kappa shape index (κ3) is 4.36.